The number of benzene rings is 2. The summed E-state index contributed by atoms with van der Waals surface area (Å²) in [6.45, 7) is 5.62. The lowest BCUT2D eigenvalue weighted by Crippen LogP contribution is -2.52. The molecule has 0 aliphatic heterocycles. The van der Waals surface area contributed by atoms with Crippen LogP contribution in [0.1, 0.15) is 37.8 Å². The van der Waals surface area contributed by atoms with Gasteiger partial charge in [-0.25, -0.2) is 8.70 Å². The number of anilines is 1. The minimum absolute atomic E-state index is 0.132. The van der Waals surface area contributed by atoms with Gasteiger partial charge in [0.25, 0.3) is 0 Å². The number of aryl methyl sites for hydroxylation is 1. The number of nitrogens with one attached hydrogen (secondary N) is 1. The second-order valence-corrected chi connectivity index (χ2v) is 10.6. The summed E-state index contributed by atoms with van der Waals surface area (Å²) in [5.41, 5.74) is 1.93. The fraction of sp³-hybridized carbons (Fsp3) is 0.440. The number of rotatable bonds is 12. The van der Waals surface area contributed by atoms with Gasteiger partial charge in [-0.2, -0.15) is 12.7 Å². The van der Waals surface area contributed by atoms with Gasteiger partial charge in [-0.1, -0.05) is 37.6 Å². The van der Waals surface area contributed by atoms with Crippen molar-refractivity contribution >= 4 is 27.7 Å². The zero-order valence-corrected chi connectivity index (χ0v) is 21.8. The first-order chi connectivity index (χ1) is 16.5. The molecule has 2 aromatic rings. The average molecular weight is 507 g/mol. The maximum atomic E-state index is 13.6. The first kappa shape index (κ1) is 28.3. The molecule has 2 rings (SSSR count). The van der Waals surface area contributed by atoms with Crippen molar-refractivity contribution in [1.82, 2.24) is 14.5 Å². The van der Waals surface area contributed by atoms with Crippen LogP contribution in [0, 0.1) is 12.7 Å². The Morgan fingerprint density at radius 2 is 1.69 bits per heavy atom. The van der Waals surface area contributed by atoms with Gasteiger partial charge in [0.1, 0.15) is 18.4 Å². The third kappa shape index (κ3) is 7.50. The molecule has 2 aromatic carbocycles. The van der Waals surface area contributed by atoms with Crippen molar-refractivity contribution in [1.29, 1.82) is 0 Å². The zero-order valence-electron chi connectivity index (χ0n) is 21.0. The zero-order chi connectivity index (χ0) is 26.2. The van der Waals surface area contributed by atoms with Crippen LogP contribution >= 0.6 is 0 Å². The summed E-state index contributed by atoms with van der Waals surface area (Å²) in [6, 6.07) is 11.5. The van der Waals surface area contributed by atoms with Crippen LogP contribution in [0.25, 0.3) is 0 Å². The molecule has 0 aliphatic rings. The molecule has 0 fully saturated rings. The van der Waals surface area contributed by atoms with Crippen LogP contribution < -0.4 is 9.62 Å². The lowest BCUT2D eigenvalue weighted by Gasteiger charge is -2.33. The van der Waals surface area contributed by atoms with Crippen LogP contribution in [-0.4, -0.2) is 62.7 Å². The number of carbonyl (C=O) groups excluding carboxylic acids is 2. The monoisotopic (exact) mass is 506 g/mol. The highest BCUT2D eigenvalue weighted by atomic mass is 32.2. The Morgan fingerprint density at radius 3 is 2.26 bits per heavy atom. The molecule has 0 heterocycles. The molecule has 35 heavy (non-hydrogen) atoms. The topological polar surface area (TPSA) is 90.0 Å². The molecule has 0 radical (unpaired) electrons. The number of amides is 2. The Morgan fingerprint density at radius 1 is 1.06 bits per heavy atom. The van der Waals surface area contributed by atoms with E-state index in [0.29, 0.717) is 6.54 Å². The Kier molecular flexibility index (Phi) is 10.2. The van der Waals surface area contributed by atoms with Crippen molar-refractivity contribution in [2.24, 2.45) is 0 Å². The molecule has 0 spiro atoms. The summed E-state index contributed by atoms with van der Waals surface area (Å²) in [7, 11) is -1.38. The molecule has 0 saturated carbocycles. The van der Waals surface area contributed by atoms with E-state index in [9.17, 15) is 22.4 Å². The highest BCUT2D eigenvalue weighted by Crippen LogP contribution is 2.21. The van der Waals surface area contributed by atoms with Crippen LogP contribution in [0.3, 0.4) is 0 Å². The van der Waals surface area contributed by atoms with E-state index in [2.05, 4.69) is 5.32 Å². The van der Waals surface area contributed by atoms with E-state index in [-0.39, 0.29) is 18.1 Å². The molecular weight excluding hydrogens is 471 g/mol. The molecule has 0 saturated heterocycles. The van der Waals surface area contributed by atoms with E-state index in [1.807, 2.05) is 38.1 Å². The molecule has 10 heteroatoms. The Hall–Kier alpha value is -2.98. The molecule has 2 amide bonds. The maximum Gasteiger partial charge on any atom is 0.304 e. The van der Waals surface area contributed by atoms with E-state index in [1.54, 1.807) is 6.92 Å². The molecular formula is C25H35FN4O4S. The van der Waals surface area contributed by atoms with Crippen molar-refractivity contribution in [2.75, 3.05) is 31.5 Å². The number of nitrogens with zero attached hydrogens (tertiary/aromatic N) is 3. The summed E-state index contributed by atoms with van der Waals surface area (Å²) < 4.78 is 41.5. The maximum absolute atomic E-state index is 13.6. The number of hydrogen-bond donors (Lipinski definition) is 1. The molecule has 1 N–H and O–H groups in total. The van der Waals surface area contributed by atoms with Crippen LogP contribution in [0.2, 0.25) is 0 Å². The van der Waals surface area contributed by atoms with Crippen LogP contribution in [0.4, 0.5) is 10.1 Å². The molecule has 8 nitrogen and oxygen atoms in total. The molecule has 1 atom stereocenters. The van der Waals surface area contributed by atoms with Crippen LogP contribution in [-0.2, 0) is 26.3 Å². The Labute approximate surface area is 207 Å². The summed E-state index contributed by atoms with van der Waals surface area (Å²) in [6.07, 6.45) is 1.72. The fourth-order valence-corrected chi connectivity index (χ4v) is 4.47. The van der Waals surface area contributed by atoms with Gasteiger partial charge < -0.3 is 10.2 Å². The first-order valence-electron chi connectivity index (χ1n) is 11.6. The van der Waals surface area contributed by atoms with Gasteiger partial charge in [0.15, 0.2) is 0 Å². The molecule has 0 aromatic heterocycles. The summed E-state index contributed by atoms with van der Waals surface area (Å²) in [5, 5.41) is 2.84. The normalized spacial score (nSPS) is 12.3. The average Bonchev–Trinajstić information content (AvgIpc) is 2.82. The van der Waals surface area contributed by atoms with Crippen LogP contribution in [0.5, 0.6) is 0 Å². The van der Waals surface area contributed by atoms with Gasteiger partial charge in [-0.3, -0.25) is 9.59 Å². The van der Waals surface area contributed by atoms with Gasteiger partial charge in [0.2, 0.25) is 11.8 Å². The predicted octanol–water partition coefficient (Wildman–Crippen LogP) is 3.08. The molecule has 0 bridgehead atoms. The van der Waals surface area contributed by atoms with Gasteiger partial charge >= 0.3 is 10.2 Å². The van der Waals surface area contributed by atoms with Crippen molar-refractivity contribution in [2.45, 2.75) is 46.2 Å². The number of halogens is 1. The molecule has 192 valence electrons. The summed E-state index contributed by atoms with van der Waals surface area (Å²) >= 11 is 0. The van der Waals surface area contributed by atoms with E-state index >= 15 is 0 Å². The third-order valence-corrected chi connectivity index (χ3v) is 7.55. The van der Waals surface area contributed by atoms with Crippen LogP contribution in [0.15, 0.2) is 48.5 Å². The van der Waals surface area contributed by atoms with E-state index in [4.69, 9.17) is 0 Å². The Bertz CT molecular complexity index is 1110. The third-order valence-electron chi connectivity index (χ3n) is 5.73. The van der Waals surface area contributed by atoms with Crippen molar-refractivity contribution < 1.29 is 22.4 Å². The first-order valence-corrected chi connectivity index (χ1v) is 13.0. The fourth-order valence-electron chi connectivity index (χ4n) is 3.41. The summed E-state index contributed by atoms with van der Waals surface area (Å²) in [5.74, 6) is -1.40. The number of hydrogen-bond acceptors (Lipinski definition) is 4. The number of unbranched alkanes of at least 4 members (excludes halogenated alkanes) is 1. The lowest BCUT2D eigenvalue weighted by atomic mass is 10.1. The Balaban J connectivity index is 2.42. The summed E-state index contributed by atoms with van der Waals surface area (Å²) in [4.78, 5) is 27.8. The smallest absolute Gasteiger partial charge is 0.304 e. The quantitative estimate of drug-likeness (QED) is 0.448. The van der Waals surface area contributed by atoms with Gasteiger partial charge in [-0.05, 0) is 55.7 Å². The van der Waals surface area contributed by atoms with E-state index in [0.717, 1.165) is 44.7 Å². The van der Waals surface area contributed by atoms with E-state index in [1.165, 1.54) is 31.1 Å². The lowest BCUT2D eigenvalue weighted by molar-refractivity contribution is -0.139. The van der Waals surface area contributed by atoms with Gasteiger partial charge in [0.05, 0.1) is 5.69 Å². The second-order valence-electron chi connectivity index (χ2n) is 8.54. The predicted molar refractivity (Wildman–Crippen MR) is 135 cm³/mol. The largest absolute Gasteiger partial charge is 0.354 e. The SMILES string of the molecule is CCCCNC(=O)[C@@H](C)N(Cc1ccccc1C)C(=O)CN(c1ccc(F)cc1)S(=O)(=O)N(C)C. The second kappa shape index (κ2) is 12.6. The van der Waals surface area contributed by atoms with Crippen molar-refractivity contribution in [3.8, 4) is 0 Å². The highest BCUT2D eigenvalue weighted by molar-refractivity contribution is 7.90. The minimum atomic E-state index is -4.08. The van der Waals surface area contributed by atoms with Crippen molar-refractivity contribution in [3.05, 3.63) is 65.5 Å². The molecule has 0 unspecified atom stereocenters. The molecule has 0 aliphatic carbocycles. The minimum Gasteiger partial charge on any atom is -0.354 e. The van der Waals surface area contributed by atoms with Gasteiger partial charge in [0, 0.05) is 27.2 Å². The van der Waals surface area contributed by atoms with Crippen molar-refractivity contribution in [3.63, 3.8) is 0 Å². The standard InChI is InChI=1S/C25H35FN4O4S/c1-6-7-16-27-25(32)20(3)29(17-21-11-9-8-10-19(21)2)24(31)18-30(35(33,34)28(4)5)23-14-12-22(26)13-15-23/h8-15,20H,6-7,16-18H2,1-5H3,(H,27,32)/t20-/m1/s1. The number of carbonyl (C=O) groups is 2. The highest BCUT2D eigenvalue weighted by Gasteiger charge is 2.32. The van der Waals surface area contributed by atoms with E-state index < -0.39 is 34.5 Å². The van der Waals surface area contributed by atoms with Gasteiger partial charge in [-0.15, -0.1) is 0 Å².